The molecule has 3 heterocycles. The van der Waals surface area contributed by atoms with E-state index in [1.807, 2.05) is 27.8 Å². The molecule has 0 spiro atoms. The van der Waals surface area contributed by atoms with E-state index in [0.29, 0.717) is 24.6 Å². The molecule has 0 bridgehead atoms. The van der Waals surface area contributed by atoms with E-state index in [4.69, 9.17) is 23.9 Å². The van der Waals surface area contributed by atoms with E-state index in [2.05, 4.69) is 10.1 Å². The molecule has 0 amide bonds. The number of carbonyl (C=O) groups excluding carboxylic acids is 1. The van der Waals surface area contributed by atoms with E-state index >= 15 is 0 Å². The molecule has 4 rings (SSSR count). The third-order valence-corrected chi connectivity index (χ3v) is 6.39. The second-order valence-corrected chi connectivity index (χ2v) is 9.47. The van der Waals surface area contributed by atoms with Crippen molar-refractivity contribution >= 4 is 5.97 Å². The largest absolute Gasteiger partial charge is 0.487 e. The molecule has 2 aromatic rings. The van der Waals surface area contributed by atoms with Crippen LogP contribution in [0.4, 0.5) is 0 Å². The Labute approximate surface area is 201 Å². The fraction of sp³-hybridized carbons (Fsp3) is 0.680. The maximum Gasteiger partial charge on any atom is 0.309 e. The topological polar surface area (TPSA) is 97.6 Å². The average molecular weight is 473 g/mol. The molecule has 1 saturated heterocycles. The molecule has 34 heavy (non-hydrogen) atoms. The van der Waals surface area contributed by atoms with Crippen LogP contribution in [0.25, 0.3) is 11.4 Å². The summed E-state index contributed by atoms with van der Waals surface area (Å²) in [6.07, 6.45) is 9.60. The third kappa shape index (κ3) is 6.13. The lowest BCUT2D eigenvalue weighted by Gasteiger charge is -2.29. The van der Waals surface area contributed by atoms with Crippen molar-refractivity contribution in [3.05, 3.63) is 23.8 Å². The summed E-state index contributed by atoms with van der Waals surface area (Å²) in [4.78, 5) is 21.6. The van der Waals surface area contributed by atoms with Gasteiger partial charge in [-0.2, -0.15) is 5.10 Å². The summed E-state index contributed by atoms with van der Waals surface area (Å²) >= 11 is 0. The molecule has 1 unspecified atom stereocenters. The van der Waals surface area contributed by atoms with Gasteiger partial charge in [-0.05, 0) is 65.7 Å². The summed E-state index contributed by atoms with van der Waals surface area (Å²) < 4.78 is 25.1. The Bertz CT molecular complexity index is 970. The van der Waals surface area contributed by atoms with Crippen LogP contribution in [-0.2, 0) is 32.7 Å². The van der Waals surface area contributed by atoms with Gasteiger partial charge in [-0.3, -0.25) is 9.48 Å². The normalized spacial score (nSPS) is 23.1. The van der Waals surface area contributed by atoms with Gasteiger partial charge in [0.25, 0.3) is 0 Å². The van der Waals surface area contributed by atoms with Crippen molar-refractivity contribution < 1.29 is 23.7 Å². The minimum atomic E-state index is -0.174. The van der Waals surface area contributed by atoms with Crippen molar-refractivity contribution in [3.63, 3.8) is 0 Å². The summed E-state index contributed by atoms with van der Waals surface area (Å²) in [6, 6.07) is 0. The summed E-state index contributed by atoms with van der Waals surface area (Å²) in [5, 5.41) is 4.39. The first-order valence-corrected chi connectivity index (χ1v) is 12.4. The highest BCUT2D eigenvalue weighted by molar-refractivity contribution is 5.72. The number of hydrogen-bond acceptors (Lipinski definition) is 8. The SMILES string of the molecule is Cc1nc(-c2cnn(C)c2COC2CCCCO2)ncc1O[C@H]1CCC[C@H](C(=O)OC(C)C)C1. The second-order valence-electron chi connectivity index (χ2n) is 9.47. The van der Waals surface area contributed by atoms with Crippen LogP contribution in [0.15, 0.2) is 12.4 Å². The average Bonchev–Trinajstić information content (AvgIpc) is 3.19. The number of hydrogen-bond donors (Lipinski definition) is 0. The predicted octanol–water partition coefficient (Wildman–Crippen LogP) is 4.12. The molecule has 0 aromatic carbocycles. The number of aromatic nitrogens is 4. The highest BCUT2D eigenvalue weighted by Gasteiger charge is 2.30. The van der Waals surface area contributed by atoms with E-state index in [1.54, 1.807) is 17.1 Å². The van der Waals surface area contributed by atoms with Crippen molar-refractivity contribution in [2.45, 2.75) is 90.8 Å². The lowest BCUT2D eigenvalue weighted by Crippen LogP contribution is -2.32. The Morgan fingerprint density at radius 3 is 2.79 bits per heavy atom. The highest BCUT2D eigenvalue weighted by atomic mass is 16.7. The number of ether oxygens (including phenoxy) is 4. The van der Waals surface area contributed by atoms with Crippen molar-refractivity contribution in [2.75, 3.05) is 6.61 Å². The summed E-state index contributed by atoms with van der Waals surface area (Å²) in [5.41, 5.74) is 2.49. The van der Waals surface area contributed by atoms with Crippen molar-refractivity contribution in [2.24, 2.45) is 13.0 Å². The smallest absolute Gasteiger partial charge is 0.309 e. The molecular weight excluding hydrogens is 436 g/mol. The maximum atomic E-state index is 12.3. The van der Waals surface area contributed by atoms with Crippen LogP contribution in [-0.4, -0.2) is 50.8 Å². The van der Waals surface area contributed by atoms with Crippen molar-refractivity contribution in [1.82, 2.24) is 19.7 Å². The quantitative estimate of drug-likeness (QED) is 0.529. The minimum absolute atomic E-state index is 0.0514. The van der Waals surface area contributed by atoms with Gasteiger partial charge in [-0.15, -0.1) is 0 Å². The zero-order valence-electron chi connectivity index (χ0n) is 20.7. The molecule has 1 saturated carbocycles. The van der Waals surface area contributed by atoms with Crippen LogP contribution in [0, 0.1) is 12.8 Å². The van der Waals surface area contributed by atoms with E-state index in [-0.39, 0.29) is 30.4 Å². The summed E-state index contributed by atoms with van der Waals surface area (Å²) in [7, 11) is 1.89. The van der Waals surface area contributed by atoms with Crippen LogP contribution < -0.4 is 4.74 Å². The van der Waals surface area contributed by atoms with Gasteiger partial charge in [0.1, 0.15) is 0 Å². The van der Waals surface area contributed by atoms with Crippen LogP contribution in [0.2, 0.25) is 0 Å². The zero-order valence-corrected chi connectivity index (χ0v) is 20.7. The van der Waals surface area contributed by atoms with Gasteiger partial charge in [-0.25, -0.2) is 9.97 Å². The monoisotopic (exact) mass is 472 g/mol. The molecule has 0 radical (unpaired) electrons. The van der Waals surface area contributed by atoms with Gasteiger partial charge < -0.3 is 18.9 Å². The Morgan fingerprint density at radius 2 is 2.06 bits per heavy atom. The van der Waals surface area contributed by atoms with E-state index in [9.17, 15) is 4.79 Å². The second kappa shape index (κ2) is 11.3. The summed E-state index contributed by atoms with van der Waals surface area (Å²) in [6.45, 7) is 6.79. The van der Waals surface area contributed by atoms with Gasteiger partial charge in [-0.1, -0.05) is 0 Å². The van der Waals surface area contributed by atoms with Crippen molar-refractivity contribution in [3.8, 4) is 17.1 Å². The fourth-order valence-electron chi connectivity index (χ4n) is 4.51. The van der Waals surface area contributed by atoms with Gasteiger partial charge >= 0.3 is 5.97 Å². The Morgan fingerprint density at radius 1 is 1.21 bits per heavy atom. The lowest BCUT2D eigenvalue weighted by atomic mass is 9.87. The van der Waals surface area contributed by atoms with Crippen LogP contribution in [0.3, 0.4) is 0 Å². The first-order chi connectivity index (χ1) is 16.4. The number of esters is 1. The molecule has 1 aliphatic heterocycles. The van der Waals surface area contributed by atoms with Gasteiger partial charge in [0.15, 0.2) is 17.9 Å². The van der Waals surface area contributed by atoms with E-state index in [0.717, 1.165) is 62.1 Å². The van der Waals surface area contributed by atoms with Crippen LogP contribution >= 0.6 is 0 Å². The first kappa shape index (κ1) is 24.6. The van der Waals surface area contributed by atoms with Gasteiger partial charge in [0, 0.05) is 13.7 Å². The standard InChI is InChI=1S/C25H36N4O5/c1-16(2)33-25(30)18-8-7-9-19(12-18)34-22-14-26-24(28-17(22)3)20-13-27-29(4)21(20)15-32-23-10-5-6-11-31-23/h13-14,16,18-19,23H,5-12,15H2,1-4H3/t18-,19-,23?/m0/s1. The number of carbonyl (C=O) groups is 1. The molecule has 1 aliphatic carbocycles. The molecule has 2 fully saturated rings. The lowest BCUT2D eigenvalue weighted by molar-refractivity contribution is -0.169. The fourth-order valence-corrected chi connectivity index (χ4v) is 4.51. The number of aryl methyl sites for hydroxylation is 2. The zero-order chi connectivity index (χ0) is 24.1. The van der Waals surface area contributed by atoms with E-state index < -0.39 is 0 Å². The van der Waals surface area contributed by atoms with Crippen LogP contribution in [0.5, 0.6) is 5.75 Å². The molecule has 9 nitrogen and oxygen atoms in total. The number of nitrogens with zero attached hydrogens (tertiary/aromatic N) is 4. The minimum Gasteiger partial charge on any atom is -0.487 e. The Hall–Kier alpha value is -2.52. The first-order valence-electron chi connectivity index (χ1n) is 12.4. The Kier molecular flexibility index (Phi) is 8.15. The highest BCUT2D eigenvalue weighted by Crippen LogP contribution is 2.31. The van der Waals surface area contributed by atoms with Gasteiger partial charge in [0.05, 0.1) is 54.1 Å². The molecule has 3 atom stereocenters. The molecule has 0 N–H and O–H groups in total. The molecule has 186 valence electrons. The predicted molar refractivity (Wildman–Crippen MR) is 125 cm³/mol. The Balaban J connectivity index is 1.41. The third-order valence-electron chi connectivity index (χ3n) is 6.39. The summed E-state index contributed by atoms with van der Waals surface area (Å²) in [5.74, 6) is 0.983. The maximum absolute atomic E-state index is 12.3. The van der Waals surface area contributed by atoms with Crippen molar-refractivity contribution in [1.29, 1.82) is 0 Å². The molecule has 2 aliphatic rings. The van der Waals surface area contributed by atoms with Crippen LogP contribution in [0.1, 0.15) is 70.2 Å². The molecule has 9 heteroatoms. The number of rotatable bonds is 8. The molecule has 2 aromatic heterocycles. The molecular formula is C25H36N4O5. The van der Waals surface area contributed by atoms with Gasteiger partial charge in [0.2, 0.25) is 0 Å². The van der Waals surface area contributed by atoms with E-state index in [1.165, 1.54) is 0 Å².